The molecule has 0 radical (unpaired) electrons. The number of hydrogen-bond donors (Lipinski definition) is 0. The largest absolute Gasteiger partial charge is 0.310 e. The third-order valence-corrected chi connectivity index (χ3v) is 9.80. The van der Waals surface area contributed by atoms with Gasteiger partial charge in [-0.2, -0.15) is 0 Å². The highest BCUT2D eigenvalue weighted by molar-refractivity contribution is 5.85. The second-order valence-electron chi connectivity index (χ2n) is 16.2. The second kappa shape index (κ2) is 14.3. The number of unbranched alkanes of at least 4 members (excludes halogenated alkanes) is 1. The number of aryl methyl sites for hydroxylation is 6. The van der Waals surface area contributed by atoms with E-state index in [2.05, 4.69) is 190 Å². The molecule has 0 heterocycles. The maximum Gasteiger partial charge on any atom is 0.0522 e. The number of hydrogen-bond acceptors (Lipinski definition) is 2. The van der Waals surface area contributed by atoms with Gasteiger partial charge < -0.3 is 9.80 Å². The smallest absolute Gasteiger partial charge is 0.0522 e. The van der Waals surface area contributed by atoms with Crippen LogP contribution in [0, 0.1) is 34.6 Å². The van der Waals surface area contributed by atoms with Gasteiger partial charge in [-0.15, -0.1) is 0 Å². The predicted molar refractivity (Wildman–Crippen MR) is 216 cm³/mol. The molecular weight excluding hydrogens is 593 g/mol. The van der Waals surface area contributed by atoms with Crippen LogP contribution in [-0.2, 0) is 17.3 Å². The molecule has 0 aromatic heterocycles. The fourth-order valence-corrected chi connectivity index (χ4v) is 6.86. The van der Waals surface area contributed by atoms with Crippen molar-refractivity contribution in [3.8, 4) is 0 Å². The van der Waals surface area contributed by atoms with Crippen LogP contribution in [0.25, 0.3) is 0 Å². The standard InChI is InChI=1S/C47H58N2/c1-13-14-15-37-31-39(47(10,11)12)30-36(6)45(37)49(41-22-18-33(3)19-23-41)43-26-24-42(25-27-43)48(40-20-16-32(2)17-21-40)44-34(4)28-38(29-35(44)5)46(7,8)9/h16-31H,13-15H2,1-12H3. The second-order valence-corrected chi connectivity index (χ2v) is 16.2. The van der Waals surface area contributed by atoms with Gasteiger partial charge in [0, 0.05) is 22.7 Å². The van der Waals surface area contributed by atoms with E-state index in [-0.39, 0.29) is 10.8 Å². The Hall–Kier alpha value is -4.30. The lowest BCUT2D eigenvalue weighted by Crippen LogP contribution is -2.18. The van der Waals surface area contributed by atoms with E-state index < -0.39 is 0 Å². The van der Waals surface area contributed by atoms with Crippen molar-refractivity contribution in [2.45, 2.75) is 113 Å². The van der Waals surface area contributed by atoms with Gasteiger partial charge in [-0.05, 0) is 140 Å². The summed E-state index contributed by atoms with van der Waals surface area (Å²) >= 11 is 0. The van der Waals surface area contributed by atoms with Crippen molar-refractivity contribution in [3.63, 3.8) is 0 Å². The maximum absolute atomic E-state index is 2.49. The third kappa shape index (κ3) is 7.96. The van der Waals surface area contributed by atoms with Gasteiger partial charge in [-0.3, -0.25) is 0 Å². The summed E-state index contributed by atoms with van der Waals surface area (Å²) in [6.45, 7) is 27.3. The fraction of sp³-hybridized carbons (Fsp3) is 0.362. The van der Waals surface area contributed by atoms with Crippen molar-refractivity contribution >= 4 is 34.1 Å². The van der Waals surface area contributed by atoms with Crippen LogP contribution >= 0.6 is 0 Å². The zero-order chi connectivity index (χ0) is 35.7. The lowest BCUT2D eigenvalue weighted by Gasteiger charge is -2.33. The van der Waals surface area contributed by atoms with E-state index in [1.165, 1.54) is 80.1 Å². The topological polar surface area (TPSA) is 6.48 Å². The van der Waals surface area contributed by atoms with Crippen LogP contribution in [0.15, 0.2) is 97.1 Å². The van der Waals surface area contributed by atoms with Gasteiger partial charge in [-0.1, -0.05) is 115 Å². The van der Waals surface area contributed by atoms with E-state index in [4.69, 9.17) is 0 Å². The van der Waals surface area contributed by atoms with Crippen molar-refractivity contribution in [2.75, 3.05) is 9.80 Å². The van der Waals surface area contributed by atoms with Crippen molar-refractivity contribution in [1.29, 1.82) is 0 Å². The number of anilines is 6. The molecule has 2 heteroatoms. The average Bonchev–Trinajstić information content (AvgIpc) is 3.03. The predicted octanol–water partition coefficient (Wildman–Crippen LogP) is 14.1. The first-order valence-electron chi connectivity index (χ1n) is 18.2. The Bertz CT molecular complexity index is 1860. The minimum atomic E-state index is 0.0847. The van der Waals surface area contributed by atoms with E-state index >= 15 is 0 Å². The van der Waals surface area contributed by atoms with Crippen LogP contribution in [0.3, 0.4) is 0 Å². The zero-order valence-electron chi connectivity index (χ0n) is 32.3. The first-order chi connectivity index (χ1) is 23.1. The van der Waals surface area contributed by atoms with Gasteiger partial charge in [0.05, 0.1) is 11.4 Å². The number of rotatable bonds is 9. The molecule has 0 aliphatic heterocycles. The molecule has 256 valence electrons. The molecule has 5 aromatic carbocycles. The van der Waals surface area contributed by atoms with Crippen LogP contribution in [0.1, 0.15) is 106 Å². The molecule has 0 fully saturated rings. The number of nitrogens with zero attached hydrogens (tertiary/aromatic N) is 2. The average molecular weight is 651 g/mol. The first-order valence-corrected chi connectivity index (χ1v) is 18.2. The highest BCUT2D eigenvalue weighted by Crippen LogP contribution is 2.45. The molecule has 0 aliphatic carbocycles. The molecular formula is C47H58N2. The normalized spacial score (nSPS) is 11.9. The molecule has 0 atom stereocenters. The fourth-order valence-electron chi connectivity index (χ4n) is 6.86. The molecule has 0 N–H and O–H groups in total. The minimum absolute atomic E-state index is 0.0847. The Kier molecular flexibility index (Phi) is 10.5. The third-order valence-electron chi connectivity index (χ3n) is 9.80. The van der Waals surface area contributed by atoms with Gasteiger partial charge in [0.15, 0.2) is 0 Å². The Morgan fingerprint density at radius 2 is 0.776 bits per heavy atom. The molecule has 2 nitrogen and oxygen atoms in total. The SMILES string of the molecule is CCCCc1cc(C(C)(C)C)cc(C)c1N(c1ccc(C)cc1)c1ccc(N(c2ccc(C)cc2)c2c(C)cc(C(C)(C)C)cc2C)cc1. The van der Waals surface area contributed by atoms with Gasteiger partial charge >= 0.3 is 0 Å². The van der Waals surface area contributed by atoms with E-state index in [1.807, 2.05) is 0 Å². The molecule has 5 aromatic rings. The Morgan fingerprint density at radius 1 is 0.449 bits per heavy atom. The summed E-state index contributed by atoms with van der Waals surface area (Å²) in [5.41, 5.74) is 18.0. The van der Waals surface area contributed by atoms with Crippen LogP contribution in [0.5, 0.6) is 0 Å². The summed E-state index contributed by atoms with van der Waals surface area (Å²) in [6.07, 6.45) is 3.39. The molecule has 0 bridgehead atoms. The van der Waals surface area contributed by atoms with Crippen molar-refractivity contribution < 1.29 is 0 Å². The minimum Gasteiger partial charge on any atom is -0.310 e. The monoisotopic (exact) mass is 650 g/mol. The number of benzene rings is 5. The molecule has 0 spiro atoms. The molecule has 0 aliphatic rings. The first kappa shape index (κ1) is 36.0. The summed E-state index contributed by atoms with van der Waals surface area (Å²) < 4.78 is 0. The van der Waals surface area contributed by atoms with E-state index in [9.17, 15) is 0 Å². The molecule has 0 saturated heterocycles. The quantitative estimate of drug-likeness (QED) is 0.157. The molecule has 0 amide bonds. The van der Waals surface area contributed by atoms with Crippen LogP contribution in [-0.4, -0.2) is 0 Å². The summed E-state index contributed by atoms with van der Waals surface area (Å²) in [6, 6.07) is 36.8. The highest BCUT2D eigenvalue weighted by atomic mass is 15.2. The highest BCUT2D eigenvalue weighted by Gasteiger charge is 2.25. The Labute approximate surface area is 297 Å². The summed E-state index contributed by atoms with van der Waals surface area (Å²) in [7, 11) is 0. The van der Waals surface area contributed by atoms with Crippen LogP contribution in [0.2, 0.25) is 0 Å². The summed E-state index contributed by atoms with van der Waals surface area (Å²) in [5, 5.41) is 0. The van der Waals surface area contributed by atoms with Crippen LogP contribution in [0.4, 0.5) is 34.1 Å². The summed E-state index contributed by atoms with van der Waals surface area (Å²) in [5.74, 6) is 0. The maximum atomic E-state index is 2.49. The van der Waals surface area contributed by atoms with Crippen molar-refractivity contribution in [2.24, 2.45) is 0 Å². The molecule has 0 unspecified atom stereocenters. The molecule has 5 rings (SSSR count). The lowest BCUT2D eigenvalue weighted by atomic mass is 9.83. The van der Waals surface area contributed by atoms with Gasteiger partial charge in [-0.25, -0.2) is 0 Å². The molecule has 0 saturated carbocycles. The van der Waals surface area contributed by atoms with E-state index in [0.29, 0.717) is 0 Å². The Morgan fingerprint density at radius 3 is 1.14 bits per heavy atom. The van der Waals surface area contributed by atoms with Gasteiger partial charge in [0.25, 0.3) is 0 Å². The van der Waals surface area contributed by atoms with Gasteiger partial charge in [0.2, 0.25) is 0 Å². The molecule has 49 heavy (non-hydrogen) atoms. The van der Waals surface area contributed by atoms with Gasteiger partial charge in [0.1, 0.15) is 0 Å². The van der Waals surface area contributed by atoms with E-state index in [0.717, 1.165) is 17.8 Å². The lowest BCUT2D eigenvalue weighted by molar-refractivity contribution is 0.588. The van der Waals surface area contributed by atoms with Crippen LogP contribution < -0.4 is 9.80 Å². The van der Waals surface area contributed by atoms with Crippen molar-refractivity contribution in [1.82, 2.24) is 0 Å². The zero-order valence-corrected chi connectivity index (χ0v) is 32.3. The summed E-state index contributed by atoms with van der Waals surface area (Å²) in [4.78, 5) is 4.92. The van der Waals surface area contributed by atoms with Crippen molar-refractivity contribution in [3.05, 3.63) is 142 Å². The van der Waals surface area contributed by atoms with E-state index in [1.54, 1.807) is 0 Å². The Balaban J connectivity index is 1.70.